The molecule has 2 aromatic rings. The summed E-state index contributed by atoms with van der Waals surface area (Å²) in [4.78, 5) is 11.8. The first-order chi connectivity index (χ1) is 11.7. The number of benzene rings is 2. The van der Waals surface area contributed by atoms with Gasteiger partial charge in [-0.3, -0.25) is 4.79 Å². The van der Waals surface area contributed by atoms with Gasteiger partial charge in [-0.15, -0.1) is 0 Å². The van der Waals surface area contributed by atoms with E-state index in [1.807, 2.05) is 6.07 Å². The molecule has 0 saturated heterocycles. The normalized spacial score (nSPS) is 10.8. The lowest BCUT2D eigenvalue weighted by Gasteiger charge is -2.09. The third kappa shape index (κ3) is 5.55. The average Bonchev–Trinajstić information content (AvgIpc) is 2.62. The van der Waals surface area contributed by atoms with Crippen molar-refractivity contribution in [1.82, 2.24) is 5.32 Å². The van der Waals surface area contributed by atoms with Crippen molar-refractivity contribution in [3.63, 3.8) is 0 Å². The molecule has 1 N–H and O–H groups in total. The van der Waals surface area contributed by atoms with Gasteiger partial charge in [0.15, 0.2) is 0 Å². The van der Waals surface area contributed by atoms with Crippen molar-refractivity contribution >= 4 is 16.7 Å². The number of fused-ring (bicyclic) bond motifs is 1. The number of unbranched alkanes of at least 4 members (excludes halogenated alkanes) is 3. The van der Waals surface area contributed by atoms with Gasteiger partial charge in [-0.2, -0.15) is 0 Å². The van der Waals surface area contributed by atoms with E-state index in [0.29, 0.717) is 6.42 Å². The summed E-state index contributed by atoms with van der Waals surface area (Å²) in [7, 11) is 1.69. The zero-order chi connectivity index (χ0) is 17.2. The van der Waals surface area contributed by atoms with E-state index >= 15 is 0 Å². The molecule has 0 spiro atoms. The van der Waals surface area contributed by atoms with Crippen LogP contribution in [0, 0.1) is 0 Å². The van der Waals surface area contributed by atoms with Crippen LogP contribution in [0.4, 0.5) is 0 Å². The first-order valence-corrected chi connectivity index (χ1v) is 9.07. The highest BCUT2D eigenvalue weighted by molar-refractivity contribution is 5.87. The van der Waals surface area contributed by atoms with Gasteiger partial charge in [0, 0.05) is 13.0 Å². The van der Waals surface area contributed by atoms with Crippen molar-refractivity contribution < 1.29 is 9.53 Å². The summed E-state index contributed by atoms with van der Waals surface area (Å²) in [6.45, 7) is 2.93. The van der Waals surface area contributed by atoms with Crippen molar-refractivity contribution in [2.75, 3.05) is 13.7 Å². The summed E-state index contributed by atoms with van der Waals surface area (Å²) in [6, 6.07) is 12.6. The highest BCUT2D eigenvalue weighted by Crippen LogP contribution is 2.24. The molecule has 3 nitrogen and oxygen atoms in total. The summed E-state index contributed by atoms with van der Waals surface area (Å²) in [5.41, 5.74) is 1.31. The molecule has 0 aliphatic carbocycles. The van der Waals surface area contributed by atoms with E-state index in [-0.39, 0.29) is 5.91 Å². The van der Waals surface area contributed by atoms with E-state index in [9.17, 15) is 4.79 Å². The molecule has 0 aromatic heterocycles. The summed E-state index contributed by atoms with van der Waals surface area (Å²) in [5.74, 6) is 1.07. The minimum Gasteiger partial charge on any atom is -0.497 e. The van der Waals surface area contributed by atoms with E-state index in [0.717, 1.165) is 38.0 Å². The van der Waals surface area contributed by atoms with Crippen LogP contribution >= 0.6 is 0 Å². The van der Waals surface area contributed by atoms with Gasteiger partial charge in [-0.05, 0) is 47.7 Å². The van der Waals surface area contributed by atoms with Crippen LogP contribution < -0.4 is 10.1 Å². The fourth-order valence-electron chi connectivity index (χ4n) is 2.97. The van der Waals surface area contributed by atoms with Gasteiger partial charge < -0.3 is 10.1 Å². The lowest BCUT2D eigenvalue weighted by molar-refractivity contribution is -0.121. The average molecular weight is 327 g/mol. The Hall–Kier alpha value is -2.03. The zero-order valence-electron chi connectivity index (χ0n) is 14.9. The van der Waals surface area contributed by atoms with Crippen LogP contribution in [-0.2, 0) is 11.2 Å². The molecule has 0 radical (unpaired) electrons. The number of hydrogen-bond donors (Lipinski definition) is 1. The van der Waals surface area contributed by atoms with Crippen molar-refractivity contribution in [1.29, 1.82) is 0 Å². The number of aryl methyl sites for hydroxylation is 1. The Bertz CT molecular complexity index is 651. The summed E-state index contributed by atoms with van der Waals surface area (Å²) in [6.07, 6.45) is 7.16. The molecule has 0 bridgehead atoms. The fourth-order valence-corrected chi connectivity index (χ4v) is 2.97. The van der Waals surface area contributed by atoms with Crippen LogP contribution in [0.15, 0.2) is 36.4 Å². The number of methoxy groups -OCH3 is 1. The number of rotatable bonds is 10. The Morgan fingerprint density at radius 1 is 1.08 bits per heavy atom. The third-order valence-corrected chi connectivity index (χ3v) is 4.38. The maximum Gasteiger partial charge on any atom is 0.219 e. The van der Waals surface area contributed by atoms with Gasteiger partial charge in [-0.1, -0.05) is 50.5 Å². The standard InChI is InChI=1S/C21H29NO2/c1-3-4-5-6-12-21(23)22-15-8-11-17-9-7-10-18-13-14-19(24-2)16-20(17)18/h7,9-10,13-14,16H,3-6,8,11-12,15H2,1-2H3,(H,22,23). The van der Waals surface area contributed by atoms with Crippen molar-refractivity contribution in [3.8, 4) is 5.75 Å². The lowest BCUT2D eigenvalue weighted by atomic mass is 10.0. The number of carbonyl (C=O) groups excluding carboxylic acids is 1. The maximum absolute atomic E-state index is 11.8. The maximum atomic E-state index is 11.8. The van der Waals surface area contributed by atoms with E-state index in [4.69, 9.17) is 4.74 Å². The van der Waals surface area contributed by atoms with Crippen molar-refractivity contribution in [2.45, 2.75) is 51.9 Å². The van der Waals surface area contributed by atoms with Crippen LogP contribution in [0.2, 0.25) is 0 Å². The van der Waals surface area contributed by atoms with Crippen LogP contribution in [-0.4, -0.2) is 19.6 Å². The minimum absolute atomic E-state index is 0.186. The molecular formula is C21H29NO2. The largest absolute Gasteiger partial charge is 0.497 e. The van der Waals surface area contributed by atoms with Gasteiger partial charge in [0.1, 0.15) is 5.75 Å². The van der Waals surface area contributed by atoms with Gasteiger partial charge in [0.25, 0.3) is 0 Å². The summed E-state index contributed by atoms with van der Waals surface area (Å²) >= 11 is 0. The molecule has 2 rings (SSSR count). The first kappa shape index (κ1) is 18.3. The van der Waals surface area contributed by atoms with Gasteiger partial charge in [0.2, 0.25) is 5.91 Å². The highest BCUT2D eigenvalue weighted by Gasteiger charge is 2.04. The second kappa shape index (κ2) is 9.96. The minimum atomic E-state index is 0.186. The van der Waals surface area contributed by atoms with Gasteiger partial charge in [-0.25, -0.2) is 0 Å². The molecule has 3 heteroatoms. The monoisotopic (exact) mass is 327 g/mol. The molecule has 0 saturated carbocycles. The topological polar surface area (TPSA) is 38.3 Å². The summed E-state index contributed by atoms with van der Waals surface area (Å²) in [5, 5.41) is 5.51. The predicted octanol–water partition coefficient (Wildman–Crippen LogP) is 4.87. The van der Waals surface area contributed by atoms with Gasteiger partial charge >= 0.3 is 0 Å². The molecule has 24 heavy (non-hydrogen) atoms. The Morgan fingerprint density at radius 2 is 1.96 bits per heavy atom. The molecule has 0 aliphatic heterocycles. The first-order valence-electron chi connectivity index (χ1n) is 9.07. The van der Waals surface area contributed by atoms with Gasteiger partial charge in [0.05, 0.1) is 7.11 Å². The second-order valence-electron chi connectivity index (χ2n) is 6.27. The molecule has 0 fully saturated rings. The number of nitrogens with one attached hydrogen (secondary N) is 1. The Kier molecular flexibility index (Phi) is 7.60. The highest BCUT2D eigenvalue weighted by atomic mass is 16.5. The molecule has 2 aromatic carbocycles. The quantitative estimate of drug-likeness (QED) is 0.632. The Labute approximate surface area is 145 Å². The van der Waals surface area contributed by atoms with Crippen LogP contribution in [0.25, 0.3) is 10.8 Å². The number of carbonyl (C=O) groups is 1. The van der Waals surface area contributed by atoms with Crippen molar-refractivity contribution in [2.24, 2.45) is 0 Å². The molecule has 0 unspecified atom stereocenters. The Balaban J connectivity index is 1.80. The number of amides is 1. The number of hydrogen-bond acceptors (Lipinski definition) is 2. The van der Waals surface area contributed by atoms with Crippen LogP contribution in [0.5, 0.6) is 5.75 Å². The van der Waals surface area contributed by atoms with E-state index in [1.54, 1.807) is 7.11 Å². The summed E-state index contributed by atoms with van der Waals surface area (Å²) < 4.78 is 5.33. The van der Waals surface area contributed by atoms with Crippen molar-refractivity contribution in [3.05, 3.63) is 42.0 Å². The van der Waals surface area contributed by atoms with E-state index in [2.05, 4.69) is 42.6 Å². The second-order valence-corrected chi connectivity index (χ2v) is 6.27. The SMILES string of the molecule is CCCCCCC(=O)NCCCc1cccc2ccc(OC)cc12. The molecule has 0 atom stereocenters. The molecular weight excluding hydrogens is 298 g/mol. The Morgan fingerprint density at radius 3 is 2.75 bits per heavy atom. The van der Waals surface area contributed by atoms with E-state index < -0.39 is 0 Å². The fraction of sp³-hybridized carbons (Fsp3) is 0.476. The zero-order valence-corrected chi connectivity index (χ0v) is 14.9. The molecule has 0 heterocycles. The smallest absolute Gasteiger partial charge is 0.219 e. The lowest BCUT2D eigenvalue weighted by Crippen LogP contribution is -2.24. The molecule has 1 amide bonds. The third-order valence-electron chi connectivity index (χ3n) is 4.38. The number of ether oxygens (including phenoxy) is 1. The van der Waals surface area contributed by atoms with Crippen LogP contribution in [0.1, 0.15) is 51.0 Å². The van der Waals surface area contributed by atoms with Crippen LogP contribution in [0.3, 0.4) is 0 Å². The predicted molar refractivity (Wildman–Crippen MR) is 101 cm³/mol. The molecule has 0 aliphatic rings. The molecule has 130 valence electrons. The van der Waals surface area contributed by atoms with E-state index in [1.165, 1.54) is 29.2 Å².